The lowest BCUT2D eigenvalue weighted by atomic mass is 10.1. The number of thiol groups is 1. The molecule has 3 N–H and O–H groups in total. The smallest absolute Gasteiger partial charge is 0.333 e. The highest BCUT2D eigenvalue weighted by Gasteiger charge is 2.17. The molecule has 0 aliphatic rings. The van der Waals surface area contributed by atoms with Gasteiger partial charge in [0, 0.05) is 12.2 Å². The molecule has 0 radical (unpaired) electrons. The third-order valence-corrected chi connectivity index (χ3v) is 6.20. The number of hydrogen-bond donors (Lipinski definition) is 4. The molecule has 32 heavy (non-hydrogen) atoms. The van der Waals surface area contributed by atoms with Crippen LogP contribution >= 0.6 is 12.6 Å². The standard InChI is InChI=1S/C23H23N3O4S2/c27-22(16-31)24-14-13-17-9-11-21(12-10-17)32(29,30)26-23(28)25-20-8-4-7-19(15-20)18-5-2-1-3-6-18/h1-12,15,31H,13-14,16H2,(H,24,27)(H2,25,26,28). The molecule has 0 aliphatic heterocycles. The van der Waals surface area contributed by atoms with Crippen molar-refractivity contribution in [3.05, 3.63) is 84.4 Å². The Kier molecular flexibility index (Phi) is 7.91. The predicted molar refractivity (Wildman–Crippen MR) is 128 cm³/mol. The van der Waals surface area contributed by atoms with Gasteiger partial charge in [0.25, 0.3) is 10.0 Å². The molecule has 3 aromatic carbocycles. The van der Waals surface area contributed by atoms with E-state index in [-0.39, 0.29) is 16.6 Å². The van der Waals surface area contributed by atoms with Crippen LogP contribution in [0.2, 0.25) is 0 Å². The molecular formula is C23H23N3O4S2. The molecule has 0 saturated carbocycles. The Bertz CT molecular complexity index is 1180. The molecule has 0 aromatic heterocycles. The van der Waals surface area contributed by atoms with Crippen LogP contribution in [0.4, 0.5) is 10.5 Å². The SMILES string of the molecule is O=C(CS)NCCc1ccc(S(=O)(=O)NC(=O)Nc2cccc(-c3ccccc3)c2)cc1. The van der Waals surface area contributed by atoms with Crippen molar-refractivity contribution in [3.8, 4) is 11.1 Å². The van der Waals surface area contributed by atoms with Gasteiger partial charge in [0.1, 0.15) is 0 Å². The molecular weight excluding hydrogens is 446 g/mol. The Hall–Kier alpha value is -3.30. The van der Waals surface area contributed by atoms with E-state index in [1.165, 1.54) is 12.1 Å². The van der Waals surface area contributed by atoms with Gasteiger partial charge in [-0.25, -0.2) is 17.9 Å². The Morgan fingerprint density at radius 2 is 1.53 bits per heavy atom. The topological polar surface area (TPSA) is 104 Å². The molecule has 3 aromatic rings. The number of anilines is 1. The van der Waals surface area contributed by atoms with E-state index >= 15 is 0 Å². The first-order chi connectivity index (χ1) is 15.4. The van der Waals surface area contributed by atoms with Gasteiger partial charge < -0.3 is 10.6 Å². The quantitative estimate of drug-likeness (QED) is 0.379. The molecule has 0 aliphatic carbocycles. The van der Waals surface area contributed by atoms with E-state index in [1.54, 1.807) is 30.3 Å². The average molecular weight is 470 g/mol. The van der Waals surface area contributed by atoms with Crippen LogP contribution in [0.5, 0.6) is 0 Å². The lowest BCUT2D eigenvalue weighted by Crippen LogP contribution is -2.34. The van der Waals surface area contributed by atoms with Gasteiger partial charge >= 0.3 is 6.03 Å². The fourth-order valence-electron chi connectivity index (χ4n) is 2.98. The van der Waals surface area contributed by atoms with E-state index in [0.29, 0.717) is 18.7 Å². The van der Waals surface area contributed by atoms with E-state index < -0.39 is 16.1 Å². The molecule has 0 heterocycles. The van der Waals surface area contributed by atoms with E-state index in [1.807, 2.05) is 41.1 Å². The monoisotopic (exact) mass is 469 g/mol. The molecule has 0 fully saturated rings. The second kappa shape index (κ2) is 10.8. The van der Waals surface area contributed by atoms with Crippen LogP contribution in [-0.2, 0) is 21.2 Å². The molecule has 0 unspecified atom stereocenters. The number of amides is 3. The molecule has 3 rings (SSSR count). The summed E-state index contributed by atoms with van der Waals surface area (Å²) in [6.45, 7) is 0.425. The first-order valence-electron chi connectivity index (χ1n) is 9.83. The molecule has 7 nitrogen and oxygen atoms in total. The van der Waals surface area contributed by atoms with Crippen molar-refractivity contribution in [3.63, 3.8) is 0 Å². The van der Waals surface area contributed by atoms with Gasteiger partial charge in [0.2, 0.25) is 5.91 Å². The van der Waals surface area contributed by atoms with Crippen molar-refractivity contribution in [1.82, 2.24) is 10.0 Å². The number of rotatable bonds is 8. The van der Waals surface area contributed by atoms with Gasteiger partial charge in [-0.3, -0.25) is 4.79 Å². The Labute approximate surface area is 192 Å². The van der Waals surface area contributed by atoms with Crippen molar-refractivity contribution in [2.45, 2.75) is 11.3 Å². The zero-order valence-electron chi connectivity index (χ0n) is 17.1. The molecule has 0 atom stereocenters. The first kappa shape index (κ1) is 23.4. The third-order valence-electron chi connectivity index (χ3n) is 4.57. The van der Waals surface area contributed by atoms with Gasteiger partial charge in [0.15, 0.2) is 0 Å². The van der Waals surface area contributed by atoms with Crippen LogP contribution in [0.1, 0.15) is 5.56 Å². The van der Waals surface area contributed by atoms with E-state index in [9.17, 15) is 18.0 Å². The summed E-state index contributed by atoms with van der Waals surface area (Å²) in [5.74, 6) is -0.0568. The van der Waals surface area contributed by atoms with Crippen LogP contribution < -0.4 is 15.4 Å². The zero-order valence-corrected chi connectivity index (χ0v) is 18.8. The molecule has 9 heteroatoms. The summed E-state index contributed by atoms with van der Waals surface area (Å²) >= 11 is 3.88. The largest absolute Gasteiger partial charge is 0.355 e. The van der Waals surface area contributed by atoms with Gasteiger partial charge in [-0.05, 0) is 47.4 Å². The van der Waals surface area contributed by atoms with Crippen molar-refractivity contribution in [2.75, 3.05) is 17.6 Å². The number of sulfonamides is 1. The lowest BCUT2D eigenvalue weighted by Gasteiger charge is -2.10. The highest BCUT2D eigenvalue weighted by atomic mass is 32.2. The van der Waals surface area contributed by atoms with Crippen LogP contribution in [0, 0.1) is 0 Å². The van der Waals surface area contributed by atoms with Crippen LogP contribution in [-0.4, -0.2) is 32.7 Å². The molecule has 3 amide bonds. The molecule has 0 saturated heterocycles. The van der Waals surface area contributed by atoms with E-state index in [4.69, 9.17) is 0 Å². The number of carbonyl (C=O) groups excluding carboxylic acids is 2. The molecule has 0 spiro atoms. The van der Waals surface area contributed by atoms with Gasteiger partial charge in [-0.15, -0.1) is 0 Å². The third kappa shape index (κ3) is 6.60. The lowest BCUT2D eigenvalue weighted by molar-refractivity contribution is -0.118. The average Bonchev–Trinajstić information content (AvgIpc) is 2.79. The van der Waals surface area contributed by atoms with Crippen molar-refractivity contribution in [2.24, 2.45) is 0 Å². The van der Waals surface area contributed by atoms with Crippen LogP contribution in [0.15, 0.2) is 83.8 Å². The minimum absolute atomic E-state index is 0.0335. The van der Waals surface area contributed by atoms with Crippen molar-refractivity contribution >= 4 is 40.3 Å². The summed E-state index contributed by atoms with van der Waals surface area (Å²) in [5, 5.41) is 5.25. The van der Waals surface area contributed by atoms with E-state index in [0.717, 1.165) is 16.7 Å². The number of hydrogen-bond acceptors (Lipinski definition) is 5. The molecule has 166 valence electrons. The number of nitrogens with one attached hydrogen (secondary N) is 3. The summed E-state index contributed by atoms with van der Waals surface area (Å²) in [5.41, 5.74) is 3.20. The Morgan fingerprint density at radius 1 is 0.844 bits per heavy atom. The summed E-state index contributed by atoms with van der Waals surface area (Å²) in [6, 6.07) is 22.0. The maximum absolute atomic E-state index is 12.5. The number of carbonyl (C=O) groups is 2. The summed E-state index contributed by atoms with van der Waals surface area (Å²) in [6.07, 6.45) is 0.547. The van der Waals surface area contributed by atoms with Crippen molar-refractivity contribution in [1.29, 1.82) is 0 Å². The van der Waals surface area contributed by atoms with Gasteiger partial charge in [-0.2, -0.15) is 12.6 Å². The molecule has 0 bridgehead atoms. The summed E-state index contributed by atoms with van der Waals surface area (Å²) in [4.78, 5) is 23.5. The normalized spacial score (nSPS) is 10.9. The highest BCUT2D eigenvalue weighted by molar-refractivity contribution is 7.90. The number of benzene rings is 3. The van der Waals surface area contributed by atoms with Gasteiger partial charge in [-0.1, -0.05) is 54.6 Å². The number of urea groups is 1. The van der Waals surface area contributed by atoms with Crippen LogP contribution in [0.25, 0.3) is 11.1 Å². The summed E-state index contributed by atoms with van der Waals surface area (Å²) < 4.78 is 27.1. The highest BCUT2D eigenvalue weighted by Crippen LogP contribution is 2.22. The fraction of sp³-hybridized carbons (Fsp3) is 0.130. The maximum atomic E-state index is 12.5. The Morgan fingerprint density at radius 3 is 2.22 bits per heavy atom. The second-order valence-electron chi connectivity index (χ2n) is 6.91. The predicted octanol–water partition coefficient (Wildman–Crippen LogP) is 3.45. The van der Waals surface area contributed by atoms with Gasteiger partial charge in [0.05, 0.1) is 10.6 Å². The Balaban J connectivity index is 1.60. The maximum Gasteiger partial charge on any atom is 0.333 e. The minimum atomic E-state index is -4.04. The van der Waals surface area contributed by atoms with Crippen LogP contribution in [0.3, 0.4) is 0 Å². The minimum Gasteiger partial charge on any atom is -0.355 e. The van der Waals surface area contributed by atoms with Crippen molar-refractivity contribution < 1.29 is 18.0 Å². The first-order valence-corrected chi connectivity index (χ1v) is 11.9. The zero-order chi connectivity index (χ0) is 23.0. The van der Waals surface area contributed by atoms with E-state index in [2.05, 4.69) is 23.3 Å². The summed E-state index contributed by atoms with van der Waals surface area (Å²) in [7, 11) is -4.04. The second-order valence-corrected chi connectivity index (χ2v) is 8.91. The fourth-order valence-corrected chi connectivity index (χ4v) is 4.00.